The van der Waals surface area contributed by atoms with Gasteiger partial charge in [-0.25, -0.2) is 0 Å². The van der Waals surface area contributed by atoms with Gasteiger partial charge >= 0.3 is 0 Å². The molecule has 13 N–H and O–H groups in total. The normalized spacial score (nSPS) is 17.8. The van der Waals surface area contributed by atoms with Crippen molar-refractivity contribution in [2.45, 2.75) is 109 Å². The fraction of sp³-hybridized carbons (Fsp3) is 0.758. The second-order valence-electron chi connectivity index (χ2n) is 13.3. The zero-order chi connectivity index (χ0) is 39.2. The van der Waals surface area contributed by atoms with E-state index in [0.717, 1.165) is 6.54 Å². The van der Waals surface area contributed by atoms with E-state index in [1.165, 1.54) is 4.90 Å². The number of nitrogens with zero attached hydrogens (tertiary/aromatic N) is 1. The molecule has 296 valence electrons. The molecule has 19 nitrogen and oxygen atoms in total. The Morgan fingerprint density at radius 1 is 0.808 bits per heavy atom. The minimum atomic E-state index is -1.13. The van der Waals surface area contributed by atoms with Crippen molar-refractivity contribution in [2.75, 3.05) is 45.8 Å². The summed E-state index contributed by atoms with van der Waals surface area (Å²) >= 11 is 0. The van der Waals surface area contributed by atoms with Crippen molar-refractivity contribution < 1.29 is 38.4 Å². The summed E-state index contributed by atoms with van der Waals surface area (Å²) < 4.78 is 0. The highest BCUT2D eigenvalue weighted by atomic mass is 16.2. The van der Waals surface area contributed by atoms with Gasteiger partial charge in [0.25, 0.3) is 0 Å². The van der Waals surface area contributed by atoms with Gasteiger partial charge in [-0.15, -0.1) is 0 Å². The molecular formula is C33H61N11O8. The second kappa shape index (κ2) is 24.9. The fourth-order valence-electron chi connectivity index (χ4n) is 5.63. The Bertz CT molecular complexity index is 1200. The zero-order valence-electron chi connectivity index (χ0n) is 31.0. The fourth-order valence-corrected chi connectivity index (χ4v) is 5.63. The lowest BCUT2D eigenvalue weighted by atomic mass is 10.1. The Balaban J connectivity index is 2.75. The molecule has 1 saturated heterocycles. The van der Waals surface area contributed by atoms with Crippen molar-refractivity contribution in [1.82, 2.24) is 42.1 Å². The lowest BCUT2D eigenvalue weighted by molar-refractivity contribution is -0.141. The summed E-state index contributed by atoms with van der Waals surface area (Å²) in [7, 11) is 0. The molecule has 0 saturated carbocycles. The van der Waals surface area contributed by atoms with Crippen LogP contribution in [0.5, 0.6) is 0 Å². The first kappa shape index (κ1) is 45.8. The molecule has 0 aromatic rings. The predicted molar refractivity (Wildman–Crippen MR) is 193 cm³/mol. The Morgan fingerprint density at radius 3 is 1.94 bits per heavy atom. The number of likely N-dealkylation sites (tertiary alicyclic amines) is 1. The number of nitrogens with one attached hydrogen (secondary N) is 7. The molecule has 1 heterocycles. The van der Waals surface area contributed by atoms with E-state index >= 15 is 0 Å². The Labute approximate surface area is 305 Å². The van der Waals surface area contributed by atoms with E-state index in [1.807, 2.05) is 20.8 Å². The van der Waals surface area contributed by atoms with Gasteiger partial charge in [-0.1, -0.05) is 20.8 Å². The molecule has 1 aliphatic rings. The predicted octanol–water partition coefficient (Wildman–Crippen LogP) is -4.17. The highest BCUT2D eigenvalue weighted by Gasteiger charge is 2.44. The van der Waals surface area contributed by atoms with Crippen molar-refractivity contribution in [3.8, 4) is 0 Å². The molecule has 1 aliphatic heterocycles. The van der Waals surface area contributed by atoms with Crippen molar-refractivity contribution >= 4 is 47.6 Å². The van der Waals surface area contributed by atoms with E-state index in [4.69, 9.17) is 17.2 Å². The van der Waals surface area contributed by atoms with Gasteiger partial charge in [-0.05, 0) is 84.1 Å². The van der Waals surface area contributed by atoms with Gasteiger partial charge in [-0.3, -0.25) is 33.6 Å². The SMILES string of the molecule is CCCC(=O)NC(CCNCC(C)C)C(=O)NCC(=O)NC(CCN)C(=O)NCC(=O)NC1CC(C)N(C(CCN)C(=O)NC(C=O)CCN)C1=O. The highest BCUT2D eigenvalue weighted by Crippen LogP contribution is 2.23. The van der Waals surface area contributed by atoms with E-state index < -0.39 is 84.8 Å². The number of carbonyl (C=O) groups excluding carboxylic acids is 8. The third-order valence-electron chi connectivity index (χ3n) is 8.23. The van der Waals surface area contributed by atoms with Gasteiger partial charge in [0, 0.05) is 12.5 Å². The Morgan fingerprint density at radius 2 is 1.38 bits per heavy atom. The number of rotatable bonds is 26. The van der Waals surface area contributed by atoms with E-state index in [-0.39, 0.29) is 57.6 Å². The standard InChI is InChI=1S/C33H61N11O8/c1-5-6-27(46)41-24(10-14-37-16-20(2)3)31(50)39-17-28(47)42-23(8-12-35)30(49)38-18-29(48)43-25-15-21(4)44(33(25)52)26(9-13-36)32(51)40-22(19-45)7-11-34/h19-26,37H,5-18,34-36H2,1-4H3,(H,38,49)(H,39,50)(H,40,51)(H,41,46)(H,42,47)(H,43,48). The van der Waals surface area contributed by atoms with Crippen LogP contribution in [-0.2, 0) is 38.4 Å². The van der Waals surface area contributed by atoms with Gasteiger partial charge in [-0.2, -0.15) is 0 Å². The minimum absolute atomic E-state index is 0.0213. The second-order valence-corrected chi connectivity index (χ2v) is 13.3. The van der Waals surface area contributed by atoms with Crippen LogP contribution in [-0.4, -0.2) is 135 Å². The summed E-state index contributed by atoms with van der Waals surface area (Å²) in [5, 5.41) is 18.5. The third-order valence-corrected chi connectivity index (χ3v) is 8.23. The van der Waals surface area contributed by atoms with Crippen LogP contribution < -0.4 is 54.4 Å². The van der Waals surface area contributed by atoms with Gasteiger partial charge < -0.3 is 64.1 Å². The molecule has 52 heavy (non-hydrogen) atoms. The molecule has 0 aliphatic carbocycles. The third kappa shape index (κ3) is 16.4. The van der Waals surface area contributed by atoms with Crippen LogP contribution >= 0.6 is 0 Å². The molecule has 1 rings (SSSR count). The van der Waals surface area contributed by atoms with E-state index in [2.05, 4.69) is 37.2 Å². The molecular weight excluding hydrogens is 678 g/mol. The lowest BCUT2D eigenvalue weighted by Crippen LogP contribution is -2.55. The van der Waals surface area contributed by atoms with Crippen LogP contribution in [0.4, 0.5) is 0 Å². The minimum Gasteiger partial charge on any atom is -0.345 e. The molecule has 19 heteroatoms. The van der Waals surface area contributed by atoms with Gasteiger partial charge in [0.1, 0.15) is 30.5 Å². The molecule has 6 atom stereocenters. The van der Waals surface area contributed by atoms with Crippen molar-refractivity contribution in [2.24, 2.45) is 23.1 Å². The number of aldehydes is 1. The molecule has 0 spiro atoms. The van der Waals surface area contributed by atoms with E-state index in [9.17, 15) is 38.4 Å². The zero-order valence-corrected chi connectivity index (χ0v) is 31.0. The van der Waals surface area contributed by atoms with Gasteiger partial charge in [0.2, 0.25) is 41.4 Å². The first-order chi connectivity index (χ1) is 24.7. The summed E-state index contributed by atoms with van der Waals surface area (Å²) in [4.78, 5) is 103. The molecule has 6 unspecified atom stereocenters. The van der Waals surface area contributed by atoms with Crippen LogP contribution in [0, 0.1) is 5.92 Å². The summed E-state index contributed by atoms with van der Waals surface area (Å²) in [6.07, 6.45) is 2.28. The first-order valence-corrected chi connectivity index (χ1v) is 18.0. The van der Waals surface area contributed by atoms with Crippen LogP contribution in [0.15, 0.2) is 0 Å². The average molecular weight is 740 g/mol. The summed E-state index contributed by atoms with van der Waals surface area (Å²) in [5.41, 5.74) is 16.9. The quantitative estimate of drug-likeness (QED) is 0.0299. The Hall–Kier alpha value is -4.20. The number of amides is 7. The van der Waals surface area contributed by atoms with E-state index in [1.54, 1.807) is 6.92 Å². The molecule has 1 fully saturated rings. The monoisotopic (exact) mass is 739 g/mol. The average Bonchev–Trinajstić information content (AvgIpc) is 3.36. The largest absolute Gasteiger partial charge is 0.345 e. The molecule has 0 bridgehead atoms. The van der Waals surface area contributed by atoms with Crippen LogP contribution in [0.3, 0.4) is 0 Å². The summed E-state index contributed by atoms with van der Waals surface area (Å²) in [5.74, 6) is -3.60. The topological polar surface area (TPSA) is 302 Å². The summed E-state index contributed by atoms with van der Waals surface area (Å²) in [6, 6.07) is -5.22. The highest BCUT2D eigenvalue weighted by molar-refractivity contribution is 5.96. The smallest absolute Gasteiger partial charge is 0.246 e. The van der Waals surface area contributed by atoms with Crippen molar-refractivity contribution in [3.63, 3.8) is 0 Å². The maximum Gasteiger partial charge on any atom is 0.246 e. The molecule has 7 amide bonds. The van der Waals surface area contributed by atoms with Crippen LogP contribution in [0.2, 0.25) is 0 Å². The van der Waals surface area contributed by atoms with Crippen LogP contribution in [0.1, 0.15) is 72.6 Å². The van der Waals surface area contributed by atoms with Crippen molar-refractivity contribution in [3.05, 3.63) is 0 Å². The maximum absolute atomic E-state index is 13.3. The number of carbonyl (C=O) groups is 8. The van der Waals surface area contributed by atoms with Crippen LogP contribution in [0.25, 0.3) is 0 Å². The first-order valence-electron chi connectivity index (χ1n) is 18.0. The van der Waals surface area contributed by atoms with E-state index in [0.29, 0.717) is 31.6 Å². The number of hydrogen-bond donors (Lipinski definition) is 10. The number of nitrogens with two attached hydrogens (primary N) is 3. The lowest BCUT2D eigenvalue weighted by Gasteiger charge is -2.31. The molecule has 0 aromatic heterocycles. The number of hydrogen-bond acceptors (Lipinski definition) is 12. The molecule has 0 aromatic carbocycles. The molecule has 0 radical (unpaired) electrons. The van der Waals surface area contributed by atoms with Gasteiger partial charge in [0.15, 0.2) is 0 Å². The maximum atomic E-state index is 13.3. The van der Waals surface area contributed by atoms with Gasteiger partial charge in [0.05, 0.1) is 19.1 Å². The Kier molecular flexibility index (Phi) is 21.9. The summed E-state index contributed by atoms with van der Waals surface area (Å²) in [6.45, 7) is 8.13. The van der Waals surface area contributed by atoms with Crippen molar-refractivity contribution in [1.29, 1.82) is 0 Å².